The summed E-state index contributed by atoms with van der Waals surface area (Å²) in [6.07, 6.45) is -1.83. The molecule has 3 aliphatic heterocycles. The Bertz CT molecular complexity index is 682. The molecule has 0 saturated carbocycles. The van der Waals surface area contributed by atoms with Crippen LogP contribution in [0.3, 0.4) is 0 Å². The molecule has 1 unspecified atom stereocenters. The van der Waals surface area contributed by atoms with E-state index in [1.807, 2.05) is 0 Å². The normalized spacial score (nSPS) is 22.7. The zero-order valence-corrected chi connectivity index (χ0v) is 12.3. The number of halogens is 3. The van der Waals surface area contributed by atoms with Crippen molar-refractivity contribution in [1.82, 2.24) is 0 Å². The van der Waals surface area contributed by atoms with Gasteiger partial charge >= 0.3 is 6.36 Å². The number of benzene rings is 1. The Morgan fingerprint density at radius 3 is 2.70 bits per heavy atom. The Morgan fingerprint density at radius 1 is 1.22 bits per heavy atom. The number of anilines is 1. The van der Waals surface area contributed by atoms with Gasteiger partial charge in [0, 0.05) is 30.4 Å². The molecular weight excluding hydrogens is 311 g/mol. The molecule has 1 aromatic rings. The number of alkyl halides is 3. The van der Waals surface area contributed by atoms with E-state index in [0.717, 1.165) is 61.7 Å². The summed E-state index contributed by atoms with van der Waals surface area (Å²) in [4.78, 5) is 2.26. The third kappa shape index (κ3) is 2.52. The number of nitrogens with zero attached hydrogens (tertiary/aromatic N) is 1. The van der Waals surface area contributed by atoms with Crippen molar-refractivity contribution in [3.05, 3.63) is 28.8 Å². The Kier molecular flexibility index (Phi) is 3.23. The lowest BCUT2D eigenvalue weighted by Crippen LogP contribution is -2.35. The zero-order chi connectivity index (χ0) is 16.2. The standard InChI is InChI=1S/C16H16F3NO3/c17-16(18,19)23-12-8-13(21)22-15-10-4-2-6-20-5-1-3-9(14(10)20)7-11(12)15/h7-8,13,21H,1-6H2. The average Bonchev–Trinajstić information content (AvgIpc) is 2.47. The summed E-state index contributed by atoms with van der Waals surface area (Å²) in [6.45, 7) is 1.90. The second-order valence-corrected chi connectivity index (χ2v) is 6.02. The molecule has 0 amide bonds. The lowest BCUT2D eigenvalue weighted by molar-refractivity contribution is -0.290. The highest BCUT2D eigenvalue weighted by Gasteiger charge is 2.38. The average molecular weight is 327 g/mol. The van der Waals surface area contributed by atoms with Crippen LogP contribution in [0.1, 0.15) is 29.5 Å². The van der Waals surface area contributed by atoms with Crippen molar-refractivity contribution in [2.24, 2.45) is 0 Å². The molecule has 1 aromatic carbocycles. The zero-order valence-electron chi connectivity index (χ0n) is 12.3. The van der Waals surface area contributed by atoms with E-state index < -0.39 is 12.7 Å². The number of ether oxygens (including phenoxy) is 2. The van der Waals surface area contributed by atoms with Crippen molar-refractivity contribution in [2.45, 2.75) is 38.3 Å². The second-order valence-electron chi connectivity index (χ2n) is 6.02. The van der Waals surface area contributed by atoms with Crippen LogP contribution in [0.4, 0.5) is 18.9 Å². The number of aliphatic hydroxyl groups is 1. The molecule has 1 atom stereocenters. The van der Waals surface area contributed by atoms with E-state index in [0.29, 0.717) is 5.75 Å². The number of hydrogen-bond donors (Lipinski definition) is 1. The number of rotatable bonds is 1. The molecule has 7 heteroatoms. The van der Waals surface area contributed by atoms with Gasteiger partial charge in [-0.2, -0.15) is 0 Å². The molecule has 0 spiro atoms. The van der Waals surface area contributed by atoms with Gasteiger partial charge in [-0.3, -0.25) is 0 Å². The van der Waals surface area contributed by atoms with Crippen LogP contribution in [0.25, 0.3) is 5.76 Å². The van der Waals surface area contributed by atoms with Crippen LogP contribution >= 0.6 is 0 Å². The maximum absolute atomic E-state index is 12.7. The summed E-state index contributed by atoms with van der Waals surface area (Å²) in [7, 11) is 0. The fourth-order valence-electron chi connectivity index (χ4n) is 3.74. The predicted octanol–water partition coefficient (Wildman–Crippen LogP) is 2.97. The van der Waals surface area contributed by atoms with Crippen LogP contribution in [0, 0.1) is 0 Å². The van der Waals surface area contributed by atoms with Crippen LogP contribution in [-0.2, 0) is 17.6 Å². The van der Waals surface area contributed by atoms with Crippen molar-refractivity contribution >= 4 is 11.4 Å². The van der Waals surface area contributed by atoms with E-state index >= 15 is 0 Å². The van der Waals surface area contributed by atoms with Crippen molar-refractivity contribution in [3.8, 4) is 5.75 Å². The smallest absolute Gasteiger partial charge is 0.460 e. The van der Waals surface area contributed by atoms with Gasteiger partial charge in [-0.1, -0.05) is 0 Å². The van der Waals surface area contributed by atoms with E-state index in [1.54, 1.807) is 6.07 Å². The van der Waals surface area contributed by atoms with Crippen LogP contribution in [0.5, 0.6) is 5.75 Å². The van der Waals surface area contributed by atoms with Gasteiger partial charge in [-0.25, -0.2) is 0 Å². The fourth-order valence-corrected chi connectivity index (χ4v) is 3.74. The summed E-state index contributed by atoms with van der Waals surface area (Å²) in [5.74, 6) is -0.0578. The van der Waals surface area contributed by atoms with Crippen LogP contribution in [-0.4, -0.2) is 30.8 Å². The molecule has 0 aliphatic carbocycles. The largest absolute Gasteiger partial charge is 0.573 e. The third-order valence-electron chi connectivity index (χ3n) is 4.50. The molecule has 0 saturated heterocycles. The summed E-state index contributed by atoms with van der Waals surface area (Å²) in [6, 6.07) is 1.72. The molecule has 0 fully saturated rings. The maximum atomic E-state index is 12.7. The predicted molar refractivity (Wildman–Crippen MR) is 77.0 cm³/mol. The molecule has 0 bridgehead atoms. The molecule has 0 aromatic heterocycles. The summed E-state index contributed by atoms with van der Waals surface area (Å²) in [5.41, 5.74) is 3.27. The summed E-state index contributed by atoms with van der Waals surface area (Å²) < 4.78 is 47.6. The van der Waals surface area contributed by atoms with Crippen molar-refractivity contribution in [1.29, 1.82) is 0 Å². The van der Waals surface area contributed by atoms with Crippen molar-refractivity contribution in [3.63, 3.8) is 0 Å². The summed E-state index contributed by atoms with van der Waals surface area (Å²) >= 11 is 0. The number of fused-ring (bicyclic) bond motifs is 2. The first kappa shape index (κ1) is 14.7. The van der Waals surface area contributed by atoms with Gasteiger partial charge in [-0.05, 0) is 37.3 Å². The Labute approximate surface area is 131 Å². The molecule has 1 N–H and O–H groups in total. The minimum absolute atomic E-state index is 0.283. The molecule has 4 rings (SSSR count). The molecular formula is C16H16F3NO3. The van der Waals surface area contributed by atoms with Gasteiger partial charge in [-0.15, -0.1) is 13.2 Å². The minimum atomic E-state index is -4.81. The van der Waals surface area contributed by atoms with Crippen molar-refractivity contribution in [2.75, 3.05) is 18.0 Å². The van der Waals surface area contributed by atoms with Crippen LogP contribution in [0.2, 0.25) is 0 Å². The highest BCUT2D eigenvalue weighted by atomic mass is 19.4. The van der Waals surface area contributed by atoms with Gasteiger partial charge in [0.15, 0.2) is 0 Å². The van der Waals surface area contributed by atoms with Gasteiger partial charge in [0.25, 0.3) is 0 Å². The van der Waals surface area contributed by atoms with Gasteiger partial charge in [0.1, 0.15) is 11.5 Å². The highest BCUT2D eigenvalue weighted by Crippen LogP contribution is 2.47. The molecule has 3 heterocycles. The Hall–Kier alpha value is -1.89. The lowest BCUT2D eigenvalue weighted by atomic mass is 9.88. The van der Waals surface area contributed by atoms with E-state index in [4.69, 9.17) is 4.74 Å². The van der Waals surface area contributed by atoms with Gasteiger partial charge < -0.3 is 19.5 Å². The quantitative estimate of drug-likeness (QED) is 0.861. The lowest BCUT2D eigenvalue weighted by Gasteiger charge is -2.39. The highest BCUT2D eigenvalue weighted by molar-refractivity contribution is 5.78. The SMILES string of the molecule is OC1C=C(OC(F)(F)F)c2cc3c4c(c2O1)CCCN4CCC3. The van der Waals surface area contributed by atoms with Crippen LogP contribution < -0.4 is 9.64 Å². The van der Waals surface area contributed by atoms with E-state index in [1.165, 1.54) is 0 Å². The van der Waals surface area contributed by atoms with E-state index in [2.05, 4.69) is 9.64 Å². The topological polar surface area (TPSA) is 41.9 Å². The van der Waals surface area contributed by atoms with Crippen LogP contribution in [0.15, 0.2) is 12.1 Å². The minimum Gasteiger partial charge on any atom is -0.460 e. The Morgan fingerprint density at radius 2 is 1.96 bits per heavy atom. The van der Waals surface area contributed by atoms with Crippen molar-refractivity contribution < 1.29 is 27.8 Å². The molecule has 124 valence electrons. The first-order chi connectivity index (χ1) is 10.9. The number of aryl methyl sites for hydroxylation is 1. The number of aliphatic hydroxyl groups excluding tert-OH is 1. The van der Waals surface area contributed by atoms with Gasteiger partial charge in [0.2, 0.25) is 6.29 Å². The van der Waals surface area contributed by atoms with E-state index in [9.17, 15) is 18.3 Å². The molecule has 4 nitrogen and oxygen atoms in total. The molecule has 23 heavy (non-hydrogen) atoms. The summed E-state index contributed by atoms with van der Waals surface area (Å²) in [5, 5.41) is 9.77. The molecule has 0 radical (unpaired) electrons. The van der Waals surface area contributed by atoms with E-state index in [-0.39, 0.29) is 11.3 Å². The first-order valence-corrected chi connectivity index (χ1v) is 7.69. The van der Waals surface area contributed by atoms with Gasteiger partial charge in [0.05, 0.1) is 5.56 Å². The fraction of sp³-hybridized carbons (Fsp3) is 0.500. The second kappa shape index (κ2) is 5.06. The Balaban J connectivity index is 1.87. The monoisotopic (exact) mass is 327 g/mol. The number of hydrogen-bond acceptors (Lipinski definition) is 4. The first-order valence-electron chi connectivity index (χ1n) is 7.69. The maximum Gasteiger partial charge on any atom is 0.573 e. The molecule has 3 aliphatic rings. The third-order valence-corrected chi connectivity index (χ3v) is 4.50.